The maximum atomic E-state index is 13.1. The van der Waals surface area contributed by atoms with E-state index in [0.717, 1.165) is 5.56 Å². The van der Waals surface area contributed by atoms with E-state index in [-0.39, 0.29) is 19.1 Å². The summed E-state index contributed by atoms with van der Waals surface area (Å²) in [5.74, 6) is -0.538. The Bertz CT molecular complexity index is 735. The SMILES string of the molecule is C[C@@H](OCC(F)(F)F)C(=O)N(Cc1ccccc1)[C@H]1CCCN(C(=O)OC(C)(C)C)C1. The first kappa shape index (κ1) is 25.0. The van der Waals surface area contributed by atoms with Crippen molar-refractivity contribution in [3.8, 4) is 0 Å². The van der Waals surface area contributed by atoms with E-state index in [1.54, 1.807) is 25.7 Å². The monoisotopic (exact) mass is 444 g/mol. The summed E-state index contributed by atoms with van der Waals surface area (Å²) < 4.78 is 47.9. The molecule has 1 heterocycles. The quantitative estimate of drug-likeness (QED) is 0.653. The Labute approximate surface area is 181 Å². The van der Waals surface area contributed by atoms with Crippen molar-refractivity contribution in [3.63, 3.8) is 0 Å². The van der Waals surface area contributed by atoms with Crippen LogP contribution < -0.4 is 0 Å². The molecule has 1 aliphatic rings. The molecule has 0 unspecified atom stereocenters. The van der Waals surface area contributed by atoms with E-state index in [1.165, 1.54) is 11.8 Å². The van der Waals surface area contributed by atoms with E-state index in [1.807, 2.05) is 30.3 Å². The molecule has 174 valence electrons. The molecule has 2 atom stereocenters. The minimum Gasteiger partial charge on any atom is -0.444 e. The molecule has 0 saturated carbocycles. The zero-order valence-corrected chi connectivity index (χ0v) is 18.4. The topological polar surface area (TPSA) is 59.1 Å². The zero-order valence-electron chi connectivity index (χ0n) is 18.4. The summed E-state index contributed by atoms with van der Waals surface area (Å²) in [6.45, 7) is 6.12. The number of carbonyl (C=O) groups excluding carboxylic acids is 2. The second-order valence-corrected chi connectivity index (χ2v) is 8.74. The second-order valence-electron chi connectivity index (χ2n) is 8.74. The summed E-state index contributed by atoms with van der Waals surface area (Å²) in [6, 6.07) is 8.83. The van der Waals surface area contributed by atoms with Gasteiger partial charge in [-0.2, -0.15) is 13.2 Å². The van der Waals surface area contributed by atoms with Gasteiger partial charge in [0.2, 0.25) is 0 Å². The Hall–Kier alpha value is -2.29. The van der Waals surface area contributed by atoms with Crippen LogP contribution in [0.5, 0.6) is 0 Å². The lowest BCUT2D eigenvalue weighted by molar-refractivity contribution is -0.189. The molecular formula is C22H31F3N2O4. The second kappa shape index (κ2) is 10.3. The van der Waals surface area contributed by atoms with E-state index in [9.17, 15) is 22.8 Å². The summed E-state index contributed by atoms with van der Waals surface area (Å²) in [7, 11) is 0. The standard InChI is InChI=1S/C22H31F3N2O4/c1-16(30-15-22(23,24)25)19(28)27(13-17-9-6-5-7-10-17)18-11-8-12-26(14-18)20(29)31-21(2,3)4/h5-7,9-10,16,18H,8,11-15H2,1-4H3/t16-,18+/m1/s1. The lowest BCUT2D eigenvalue weighted by atomic mass is 10.0. The first-order chi connectivity index (χ1) is 14.4. The number of benzene rings is 1. The summed E-state index contributed by atoms with van der Waals surface area (Å²) >= 11 is 0. The highest BCUT2D eigenvalue weighted by Crippen LogP contribution is 2.23. The minimum atomic E-state index is -4.52. The average molecular weight is 444 g/mol. The van der Waals surface area contributed by atoms with Crippen LogP contribution in [0.25, 0.3) is 0 Å². The Morgan fingerprint density at radius 2 is 1.84 bits per heavy atom. The first-order valence-electron chi connectivity index (χ1n) is 10.4. The fourth-order valence-electron chi connectivity index (χ4n) is 3.39. The molecule has 31 heavy (non-hydrogen) atoms. The maximum Gasteiger partial charge on any atom is 0.411 e. The van der Waals surface area contributed by atoms with Crippen LogP contribution in [0.4, 0.5) is 18.0 Å². The largest absolute Gasteiger partial charge is 0.444 e. The molecule has 1 aliphatic heterocycles. The number of hydrogen-bond acceptors (Lipinski definition) is 4. The molecule has 6 nitrogen and oxygen atoms in total. The van der Waals surface area contributed by atoms with Crippen LogP contribution in [0.15, 0.2) is 30.3 Å². The van der Waals surface area contributed by atoms with Gasteiger partial charge >= 0.3 is 12.3 Å². The third-order valence-electron chi connectivity index (χ3n) is 4.81. The van der Waals surface area contributed by atoms with Gasteiger partial charge in [0.15, 0.2) is 0 Å². The number of halogens is 3. The average Bonchev–Trinajstić information content (AvgIpc) is 2.69. The van der Waals surface area contributed by atoms with Gasteiger partial charge in [-0.25, -0.2) is 4.79 Å². The molecule has 9 heteroatoms. The van der Waals surface area contributed by atoms with Gasteiger partial charge in [-0.1, -0.05) is 30.3 Å². The van der Waals surface area contributed by atoms with Gasteiger partial charge in [-0.05, 0) is 46.1 Å². The van der Waals surface area contributed by atoms with Crippen LogP contribution >= 0.6 is 0 Å². The van der Waals surface area contributed by atoms with Gasteiger partial charge in [0.25, 0.3) is 5.91 Å². The lowest BCUT2D eigenvalue weighted by Crippen LogP contribution is -2.54. The molecule has 0 bridgehead atoms. The number of nitrogens with zero attached hydrogens (tertiary/aromatic N) is 2. The van der Waals surface area contributed by atoms with Gasteiger partial charge in [0.1, 0.15) is 18.3 Å². The fraction of sp³-hybridized carbons (Fsp3) is 0.636. The number of alkyl halides is 3. The van der Waals surface area contributed by atoms with Gasteiger partial charge < -0.3 is 19.3 Å². The third kappa shape index (κ3) is 8.40. The normalized spacial score (nSPS) is 18.4. The van der Waals surface area contributed by atoms with E-state index >= 15 is 0 Å². The molecule has 2 amide bonds. The number of carbonyl (C=O) groups is 2. The fourth-order valence-corrected chi connectivity index (χ4v) is 3.39. The Morgan fingerprint density at radius 3 is 2.42 bits per heavy atom. The van der Waals surface area contributed by atoms with E-state index in [4.69, 9.17) is 9.47 Å². The molecule has 1 aromatic rings. The molecular weight excluding hydrogens is 413 g/mol. The Balaban J connectivity index is 2.17. The molecule has 1 fully saturated rings. The number of likely N-dealkylation sites (tertiary alicyclic amines) is 1. The highest BCUT2D eigenvalue weighted by atomic mass is 19.4. The molecule has 0 aromatic heterocycles. The van der Waals surface area contributed by atoms with Gasteiger partial charge in [-0.3, -0.25) is 4.79 Å². The van der Waals surface area contributed by atoms with Crippen molar-refractivity contribution in [1.82, 2.24) is 9.80 Å². The van der Waals surface area contributed by atoms with E-state index < -0.39 is 36.5 Å². The van der Waals surface area contributed by atoms with Gasteiger partial charge in [0.05, 0.1) is 0 Å². The van der Waals surface area contributed by atoms with Crippen LogP contribution in [0, 0.1) is 0 Å². The van der Waals surface area contributed by atoms with Crippen LogP contribution in [-0.2, 0) is 20.8 Å². The van der Waals surface area contributed by atoms with Crippen molar-refractivity contribution in [2.24, 2.45) is 0 Å². The first-order valence-corrected chi connectivity index (χ1v) is 10.4. The predicted octanol–water partition coefficient (Wildman–Crippen LogP) is 4.38. The molecule has 0 aliphatic carbocycles. The number of rotatable bonds is 6. The smallest absolute Gasteiger partial charge is 0.411 e. The highest BCUT2D eigenvalue weighted by Gasteiger charge is 2.36. The Morgan fingerprint density at radius 1 is 1.19 bits per heavy atom. The van der Waals surface area contributed by atoms with Crippen molar-refractivity contribution in [2.75, 3.05) is 19.7 Å². The van der Waals surface area contributed by atoms with Crippen molar-refractivity contribution in [1.29, 1.82) is 0 Å². The van der Waals surface area contributed by atoms with Gasteiger partial charge in [-0.15, -0.1) is 0 Å². The van der Waals surface area contributed by atoms with Gasteiger partial charge in [0, 0.05) is 25.7 Å². The summed E-state index contributed by atoms with van der Waals surface area (Å²) in [4.78, 5) is 28.6. The maximum absolute atomic E-state index is 13.1. The van der Waals surface area contributed by atoms with Crippen molar-refractivity contribution in [2.45, 2.75) is 71.0 Å². The van der Waals surface area contributed by atoms with Crippen LogP contribution in [0.2, 0.25) is 0 Å². The number of amides is 2. The van der Waals surface area contributed by atoms with Crippen LogP contribution in [0.3, 0.4) is 0 Å². The van der Waals surface area contributed by atoms with Crippen molar-refractivity contribution >= 4 is 12.0 Å². The molecule has 1 aromatic carbocycles. The van der Waals surface area contributed by atoms with Crippen LogP contribution in [-0.4, -0.2) is 65.4 Å². The van der Waals surface area contributed by atoms with E-state index in [0.29, 0.717) is 19.4 Å². The zero-order chi connectivity index (χ0) is 23.2. The number of piperidine rings is 1. The molecule has 0 N–H and O–H groups in total. The third-order valence-corrected chi connectivity index (χ3v) is 4.81. The lowest BCUT2D eigenvalue weighted by Gasteiger charge is -2.40. The molecule has 2 rings (SSSR count). The summed E-state index contributed by atoms with van der Waals surface area (Å²) in [5, 5.41) is 0. The number of hydrogen-bond donors (Lipinski definition) is 0. The minimum absolute atomic E-state index is 0.215. The van der Waals surface area contributed by atoms with Crippen LogP contribution in [0.1, 0.15) is 46.1 Å². The van der Waals surface area contributed by atoms with Crippen molar-refractivity contribution < 1.29 is 32.2 Å². The summed E-state index contributed by atoms with van der Waals surface area (Å²) in [6.07, 6.45) is -4.96. The number of ether oxygens (including phenoxy) is 2. The predicted molar refractivity (Wildman–Crippen MR) is 109 cm³/mol. The highest BCUT2D eigenvalue weighted by molar-refractivity contribution is 5.81. The van der Waals surface area contributed by atoms with Crippen molar-refractivity contribution in [3.05, 3.63) is 35.9 Å². The summed E-state index contributed by atoms with van der Waals surface area (Å²) in [5.41, 5.74) is 0.192. The Kier molecular flexibility index (Phi) is 8.34. The molecule has 0 radical (unpaired) electrons. The molecule has 0 spiro atoms. The van der Waals surface area contributed by atoms with E-state index in [2.05, 4.69) is 0 Å². The molecule has 1 saturated heterocycles.